The molecule has 0 radical (unpaired) electrons. The molecule has 0 bridgehead atoms. The number of furan rings is 1. The number of nitrogens with zero attached hydrogens (tertiary/aromatic N) is 1. The number of piperidine rings is 1. The summed E-state index contributed by atoms with van der Waals surface area (Å²) >= 11 is 0. The van der Waals surface area contributed by atoms with E-state index in [4.69, 9.17) is 13.9 Å². The fraction of sp³-hybridized carbons (Fsp3) is 0.500. The van der Waals surface area contributed by atoms with Crippen molar-refractivity contribution in [3.05, 3.63) is 35.1 Å². The molecule has 1 aliphatic heterocycles. The highest BCUT2D eigenvalue weighted by Crippen LogP contribution is 2.38. The average molecular weight is 411 g/mol. The van der Waals surface area contributed by atoms with E-state index in [9.17, 15) is 9.59 Å². The number of methoxy groups -OCH3 is 2. The first-order valence-electron chi connectivity index (χ1n) is 10.7. The zero-order valence-electron chi connectivity index (χ0n) is 18.0. The van der Waals surface area contributed by atoms with Gasteiger partial charge < -0.3 is 18.8 Å². The van der Waals surface area contributed by atoms with Gasteiger partial charge in [0.15, 0.2) is 0 Å². The monoisotopic (exact) mass is 411 g/mol. The van der Waals surface area contributed by atoms with Crippen molar-refractivity contribution in [1.29, 1.82) is 0 Å². The third-order valence-electron chi connectivity index (χ3n) is 6.38. The second-order valence-electron chi connectivity index (χ2n) is 8.21. The van der Waals surface area contributed by atoms with Gasteiger partial charge >= 0.3 is 5.97 Å². The van der Waals surface area contributed by atoms with Gasteiger partial charge in [-0.05, 0) is 50.7 Å². The number of carbonyl (C=O) groups is 2. The van der Waals surface area contributed by atoms with Gasteiger partial charge in [-0.3, -0.25) is 9.59 Å². The molecule has 1 saturated heterocycles. The van der Waals surface area contributed by atoms with Gasteiger partial charge in [-0.2, -0.15) is 0 Å². The van der Waals surface area contributed by atoms with Gasteiger partial charge in [0.05, 0.1) is 20.1 Å². The van der Waals surface area contributed by atoms with Crippen LogP contribution in [0.4, 0.5) is 0 Å². The minimum absolute atomic E-state index is 0.0350. The number of benzene rings is 1. The highest BCUT2D eigenvalue weighted by molar-refractivity contribution is 5.97. The second-order valence-corrected chi connectivity index (χ2v) is 8.21. The number of esters is 1. The van der Waals surface area contributed by atoms with E-state index < -0.39 is 0 Å². The smallest absolute Gasteiger partial charge is 0.308 e. The lowest BCUT2D eigenvalue weighted by Gasteiger charge is -2.30. The molecule has 1 aromatic heterocycles. The summed E-state index contributed by atoms with van der Waals surface area (Å²) < 4.78 is 16.5. The maximum Gasteiger partial charge on any atom is 0.308 e. The number of rotatable bonds is 4. The maximum atomic E-state index is 12.8. The van der Waals surface area contributed by atoms with Gasteiger partial charge in [-0.15, -0.1) is 0 Å². The second kappa shape index (κ2) is 8.54. The largest absolute Gasteiger partial charge is 0.496 e. The lowest BCUT2D eigenvalue weighted by atomic mass is 9.94. The van der Waals surface area contributed by atoms with Gasteiger partial charge in [0.25, 0.3) is 0 Å². The zero-order valence-corrected chi connectivity index (χ0v) is 18.0. The summed E-state index contributed by atoms with van der Waals surface area (Å²) in [7, 11) is 3.05. The molecule has 6 heteroatoms. The topological polar surface area (TPSA) is 69.0 Å². The number of amides is 1. The Labute approximate surface area is 176 Å². The van der Waals surface area contributed by atoms with E-state index in [1.165, 1.54) is 19.1 Å². The van der Waals surface area contributed by atoms with Crippen molar-refractivity contribution in [3.8, 4) is 5.75 Å². The molecule has 0 spiro atoms. The van der Waals surface area contributed by atoms with Crippen molar-refractivity contribution in [3.63, 3.8) is 0 Å². The fourth-order valence-corrected chi connectivity index (χ4v) is 4.62. The van der Waals surface area contributed by atoms with E-state index in [1.54, 1.807) is 18.1 Å². The normalized spacial score (nSPS) is 17.7. The maximum absolute atomic E-state index is 12.8. The molecule has 0 atom stereocenters. The number of hydrogen-bond acceptors (Lipinski definition) is 5. The molecule has 1 aliphatic carbocycles. The van der Waals surface area contributed by atoms with Crippen LogP contribution in [-0.2, 0) is 27.2 Å². The van der Waals surface area contributed by atoms with Crippen molar-refractivity contribution in [2.45, 2.75) is 45.4 Å². The Balaban J connectivity index is 1.57. The summed E-state index contributed by atoms with van der Waals surface area (Å²) in [4.78, 5) is 26.4. The number of likely N-dealkylation sites (tertiary alicyclic amines) is 1. The molecular formula is C24H29NO5. The van der Waals surface area contributed by atoms with Crippen LogP contribution in [0.3, 0.4) is 0 Å². The summed E-state index contributed by atoms with van der Waals surface area (Å²) in [6.07, 6.45) is 7.31. The van der Waals surface area contributed by atoms with Crippen molar-refractivity contribution in [2.24, 2.45) is 5.92 Å². The number of aryl methyl sites for hydroxylation is 2. The van der Waals surface area contributed by atoms with Crippen LogP contribution in [0, 0.1) is 5.92 Å². The first kappa shape index (κ1) is 20.5. The van der Waals surface area contributed by atoms with Crippen LogP contribution in [0.2, 0.25) is 0 Å². The summed E-state index contributed by atoms with van der Waals surface area (Å²) in [5.41, 5.74) is 3.92. The minimum Gasteiger partial charge on any atom is -0.496 e. The lowest BCUT2D eigenvalue weighted by Crippen LogP contribution is -2.39. The number of fused-ring (bicyclic) bond motifs is 3. The van der Waals surface area contributed by atoms with Crippen molar-refractivity contribution in [1.82, 2.24) is 4.90 Å². The molecule has 1 aromatic carbocycles. The molecule has 30 heavy (non-hydrogen) atoms. The van der Waals surface area contributed by atoms with Gasteiger partial charge in [0.1, 0.15) is 17.1 Å². The Bertz CT molecular complexity index is 995. The fourth-order valence-electron chi connectivity index (χ4n) is 4.62. The summed E-state index contributed by atoms with van der Waals surface area (Å²) in [5.74, 6) is 1.46. The molecule has 1 fully saturated rings. The summed E-state index contributed by atoms with van der Waals surface area (Å²) in [6, 6.07) is 4.04. The van der Waals surface area contributed by atoms with Crippen molar-refractivity contribution < 1.29 is 23.5 Å². The van der Waals surface area contributed by atoms with Gasteiger partial charge in [0, 0.05) is 48.2 Å². The Morgan fingerprint density at radius 2 is 1.87 bits per heavy atom. The number of allylic oxidation sites excluding steroid dienone is 1. The van der Waals surface area contributed by atoms with Crippen LogP contribution in [0.1, 0.15) is 49.5 Å². The molecule has 0 saturated carbocycles. The highest BCUT2D eigenvalue weighted by atomic mass is 16.5. The van der Waals surface area contributed by atoms with Crippen LogP contribution < -0.4 is 4.74 Å². The van der Waals surface area contributed by atoms with Gasteiger partial charge in [-0.25, -0.2) is 0 Å². The molecule has 1 amide bonds. The molecule has 2 aliphatic rings. The van der Waals surface area contributed by atoms with Gasteiger partial charge in [0.2, 0.25) is 5.91 Å². The van der Waals surface area contributed by atoms with E-state index >= 15 is 0 Å². The Morgan fingerprint density at radius 3 is 2.57 bits per heavy atom. The van der Waals surface area contributed by atoms with E-state index in [0.29, 0.717) is 31.7 Å². The lowest BCUT2D eigenvalue weighted by molar-refractivity contribution is -0.148. The Hall–Kier alpha value is -2.76. The molecule has 2 heterocycles. The van der Waals surface area contributed by atoms with Crippen LogP contribution >= 0.6 is 0 Å². The SMILES string of the molecule is COC(=O)C1CCN(C(=O)/C=C(\C)c2cc3c4c(oc3cc2OC)CCCC4)CC1. The first-order chi connectivity index (χ1) is 14.5. The first-order valence-corrected chi connectivity index (χ1v) is 10.7. The third-order valence-corrected chi connectivity index (χ3v) is 6.38. The molecule has 6 nitrogen and oxygen atoms in total. The van der Waals surface area contributed by atoms with E-state index in [-0.39, 0.29) is 17.8 Å². The van der Waals surface area contributed by atoms with E-state index in [0.717, 1.165) is 47.1 Å². The summed E-state index contributed by atoms with van der Waals surface area (Å²) in [5, 5.41) is 1.12. The standard InChI is InChI=1S/C24H29NO5/c1-15(12-23(26)25-10-8-16(9-11-25)24(27)29-3)18-13-19-17-6-4-5-7-20(17)30-22(19)14-21(18)28-2/h12-14,16H,4-11H2,1-3H3/b15-12+. The van der Waals surface area contributed by atoms with Crippen molar-refractivity contribution in [2.75, 3.05) is 27.3 Å². The number of ether oxygens (including phenoxy) is 2. The highest BCUT2D eigenvalue weighted by Gasteiger charge is 2.27. The molecule has 160 valence electrons. The predicted octanol–water partition coefficient (Wildman–Crippen LogP) is 4.14. The van der Waals surface area contributed by atoms with Crippen LogP contribution in [0.5, 0.6) is 5.75 Å². The Morgan fingerprint density at radius 1 is 1.13 bits per heavy atom. The Kier molecular flexibility index (Phi) is 5.84. The van der Waals surface area contributed by atoms with Crippen LogP contribution in [0.25, 0.3) is 16.5 Å². The quantitative estimate of drug-likeness (QED) is 0.559. The van der Waals surface area contributed by atoms with Crippen LogP contribution in [-0.4, -0.2) is 44.1 Å². The molecule has 0 unspecified atom stereocenters. The van der Waals surface area contributed by atoms with Crippen LogP contribution in [0.15, 0.2) is 22.6 Å². The van der Waals surface area contributed by atoms with E-state index in [2.05, 4.69) is 6.07 Å². The number of carbonyl (C=O) groups excluding carboxylic acids is 2. The predicted molar refractivity (Wildman–Crippen MR) is 114 cm³/mol. The molecule has 2 aromatic rings. The number of hydrogen-bond donors (Lipinski definition) is 0. The third kappa shape index (κ3) is 3.83. The van der Waals surface area contributed by atoms with E-state index in [1.807, 2.05) is 13.0 Å². The minimum atomic E-state index is -0.185. The van der Waals surface area contributed by atoms with Gasteiger partial charge in [-0.1, -0.05) is 0 Å². The summed E-state index contributed by atoms with van der Waals surface area (Å²) in [6.45, 7) is 3.07. The van der Waals surface area contributed by atoms with Crippen molar-refractivity contribution >= 4 is 28.4 Å². The molecule has 4 rings (SSSR count). The average Bonchev–Trinajstić information content (AvgIpc) is 3.15. The molecule has 0 N–H and O–H groups in total. The molecular weight excluding hydrogens is 382 g/mol. The zero-order chi connectivity index (χ0) is 21.3.